The molecule has 19 heavy (non-hydrogen) atoms. The second-order valence-corrected chi connectivity index (χ2v) is 5.04. The van der Waals surface area contributed by atoms with Crippen LogP contribution in [-0.2, 0) is 0 Å². The van der Waals surface area contributed by atoms with E-state index in [4.69, 9.17) is 5.26 Å². The van der Waals surface area contributed by atoms with E-state index < -0.39 is 0 Å². The third-order valence-electron chi connectivity index (χ3n) is 3.82. The molecule has 0 saturated carbocycles. The Morgan fingerprint density at radius 1 is 1.42 bits per heavy atom. The lowest BCUT2D eigenvalue weighted by Gasteiger charge is -2.32. The summed E-state index contributed by atoms with van der Waals surface area (Å²) >= 11 is 0. The van der Waals surface area contributed by atoms with Gasteiger partial charge in [0.2, 0.25) is 0 Å². The minimum atomic E-state index is 0.556. The van der Waals surface area contributed by atoms with Crippen molar-refractivity contribution < 1.29 is 0 Å². The van der Waals surface area contributed by atoms with Crippen LogP contribution >= 0.6 is 0 Å². The number of anilines is 2. The maximum Gasteiger partial charge on any atom is 0.134 e. The van der Waals surface area contributed by atoms with Gasteiger partial charge >= 0.3 is 0 Å². The van der Waals surface area contributed by atoms with E-state index >= 15 is 0 Å². The van der Waals surface area contributed by atoms with Gasteiger partial charge in [-0.1, -0.05) is 0 Å². The standard InChI is InChI=1S/C14H21N5/c1-3-18(2)13-10-14(17-11-16-13)19-8-5-12(4-7-15)6-9-19/h10-12H,3-6,8-9H2,1-2H3. The minimum absolute atomic E-state index is 0.556. The molecule has 0 spiro atoms. The van der Waals surface area contributed by atoms with Crippen molar-refractivity contribution in [3.63, 3.8) is 0 Å². The number of piperidine rings is 1. The van der Waals surface area contributed by atoms with Gasteiger partial charge < -0.3 is 9.80 Å². The van der Waals surface area contributed by atoms with Gasteiger partial charge in [0.25, 0.3) is 0 Å². The average Bonchev–Trinajstić information content (AvgIpc) is 2.48. The predicted molar refractivity (Wildman–Crippen MR) is 76.1 cm³/mol. The fourth-order valence-electron chi connectivity index (χ4n) is 2.38. The normalized spacial score (nSPS) is 16.2. The van der Waals surface area contributed by atoms with Crippen molar-refractivity contribution in [3.05, 3.63) is 12.4 Å². The first kappa shape index (κ1) is 13.6. The smallest absolute Gasteiger partial charge is 0.134 e. The van der Waals surface area contributed by atoms with Gasteiger partial charge in [-0.25, -0.2) is 9.97 Å². The zero-order valence-electron chi connectivity index (χ0n) is 11.7. The molecule has 0 bridgehead atoms. The maximum absolute atomic E-state index is 8.74. The number of nitrogens with zero attached hydrogens (tertiary/aromatic N) is 5. The van der Waals surface area contributed by atoms with Crippen molar-refractivity contribution in [3.8, 4) is 6.07 Å². The van der Waals surface area contributed by atoms with Crippen LogP contribution in [0.25, 0.3) is 0 Å². The van der Waals surface area contributed by atoms with E-state index in [9.17, 15) is 0 Å². The molecule has 0 unspecified atom stereocenters. The summed E-state index contributed by atoms with van der Waals surface area (Å²) in [6.45, 7) is 5.01. The van der Waals surface area contributed by atoms with Crippen LogP contribution in [0, 0.1) is 17.2 Å². The molecule has 5 nitrogen and oxygen atoms in total. The molecule has 1 fully saturated rings. The monoisotopic (exact) mass is 259 g/mol. The Labute approximate surface area is 114 Å². The van der Waals surface area contributed by atoms with Gasteiger partial charge in [0.15, 0.2) is 0 Å². The highest BCUT2D eigenvalue weighted by molar-refractivity contribution is 5.49. The second kappa shape index (κ2) is 6.37. The first-order chi connectivity index (χ1) is 9.24. The van der Waals surface area contributed by atoms with E-state index in [1.165, 1.54) is 0 Å². The summed E-state index contributed by atoms with van der Waals surface area (Å²) in [7, 11) is 2.03. The van der Waals surface area contributed by atoms with Crippen molar-refractivity contribution in [1.82, 2.24) is 9.97 Å². The molecular formula is C14H21N5. The lowest BCUT2D eigenvalue weighted by atomic mass is 9.94. The van der Waals surface area contributed by atoms with Crippen molar-refractivity contribution in [2.75, 3.05) is 36.5 Å². The first-order valence-corrected chi connectivity index (χ1v) is 6.89. The van der Waals surface area contributed by atoms with E-state index in [-0.39, 0.29) is 0 Å². The summed E-state index contributed by atoms with van der Waals surface area (Å²) in [5, 5.41) is 8.74. The third-order valence-corrected chi connectivity index (χ3v) is 3.82. The molecule has 1 aromatic rings. The van der Waals surface area contributed by atoms with Gasteiger partial charge in [0.1, 0.15) is 18.0 Å². The van der Waals surface area contributed by atoms with Crippen LogP contribution in [0.1, 0.15) is 26.2 Å². The zero-order valence-corrected chi connectivity index (χ0v) is 11.7. The number of nitriles is 1. The van der Waals surface area contributed by atoms with Gasteiger partial charge in [-0.15, -0.1) is 0 Å². The molecule has 1 aliphatic rings. The van der Waals surface area contributed by atoms with Gasteiger partial charge in [-0.3, -0.25) is 0 Å². The van der Waals surface area contributed by atoms with Gasteiger partial charge in [0.05, 0.1) is 6.07 Å². The third kappa shape index (κ3) is 3.34. The van der Waals surface area contributed by atoms with Crippen LogP contribution < -0.4 is 9.80 Å². The fourth-order valence-corrected chi connectivity index (χ4v) is 2.38. The Morgan fingerprint density at radius 2 is 2.16 bits per heavy atom. The molecule has 5 heteroatoms. The molecule has 1 aromatic heterocycles. The lowest BCUT2D eigenvalue weighted by molar-refractivity contribution is 0.411. The van der Waals surface area contributed by atoms with Crippen LogP contribution in [0.15, 0.2) is 12.4 Å². The summed E-state index contributed by atoms with van der Waals surface area (Å²) < 4.78 is 0. The number of rotatable bonds is 4. The van der Waals surface area contributed by atoms with E-state index in [1.807, 2.05) is 13.1 Å². The maximum atomic E-state index is 8.74. The topological polar surface area (TPSA) is 56.0 Å². The summed E-state index contributed by atoms with van der Waals surface area (Å²) in [5.41, 5.74) is 0. The van der Waals surface area contributed by atoms with Gasteiger partial charge in [-0.05, 0) is 25.7 Å². The Morgan fingerprint density at radius 3 is 2.79 bits per heavy atom. The number of hydrogen-bond donors (Lipinski definition) is 0. The van der Waals surface area contributed by atoms with E-state index in [2.05, 4.69) is 32.8 Å². The van der Waals surface area contributed by atoms with Crippen molar-refractivity contribution in [2.24, 2.45) is 5.92 Å². The minimum Gasteiger partial charge on any atom is -0.360 e. The van der Waals surface area contributed by atoms with Crippen molar-refractivity contribution in [1.29, 1.82) is 5.26 Å². The first-order valence-electron chi connectivity index (χ1n) is 6.89. The SMILES string of the molecule is CCN(C)c1cc(N2CCC(CC#N)CC2)ncn1. The Kier molecular flexibility index (Phi) is 4.56. The van der Waals surface area contributed by atoms with Crippen LogP contribution in [0.3, 0.4) is 0 Å². The van der Waals surface area contributed by atoms with Crippen LogP contribution in [0.4, 0.5) is 11.6 Å². The molecule has 0 N–H and O–H groups in total. The van der Waals surface area contributed by atoms with Crippen molar-refractivity contribution >= 4 is 11.6 Å². The Balaban J connectivity index is 2.01. The highest BCUT2D eigenvalue weighted by Crippen LogP contribution is 2.24. The Bertz CT molecular complexity index is 445. The number of aromatic nitrogens is 2. The molecule has 0 atom stereocenters. The average molecular weight is 259 g/mol. The lowest BCUT2D eigenvalue weighted by Crippen LogP contribution is -2.34. The van der Waals surface area contributed by atoms with E-state index in [0.717, 1.165) is 44.1 Å². The van der Waals surface area contributed by atoms with Gasteiger partial charge in [-0.2, -0.15) is 5.26 Å². The largest absolute Gasteiger partial charge is 0.360 e. The molecule has 2 rings (SSSR count). The molecular weight excluding hydrogens is 238 g/mol. The summed E-state index contributed by atoms with van der Waals surface area (Å²) in [6, 6.07) is 4.32. The second-order valence-electron chi connectivity index (χ2n) is 5.04. The Hall–Kier alpha value is -1.83. The van der Waals surface area contributed by atoms with E-state index in [1.54, 1.807) is 6.33 Å². The quantitative estimate of drug-likeness (QED) is 0.828. The molecule has 0 amide bonds. The molecule has 0 radical (unpaired) electrons. The van der Waals surface area contributed by atoms with Crippen LogP contribution in [-0.4, -0.2) is 36.6 Å². The highest BCUT2D eigenvalue weighted by Gasteiger charge is 2.20. The predicted octanol–water partition coefficient (Wildman–Crippen LogP) is 2.06. The molecule has 0 aliphatic carbocycles. The fraction of sp³-hybridized carbons (Fsp3) is 0.643. The van der Waals surface area contributed by atoms with Crippen LogP contribution in [0.5, 0.6) is 0 Å². The van der Waals surface area contributed by atoms with E-state index in [0.29, 0.717) is 12.3 Å². The summed E-state index contributed by atoms with van der Waals surface area (Å²) in [4.78, 5) is 13.1. The zero-order chi connectivity index (χ0) is 13.7. The molecule has 0 aromatic carbocycles. The molecule has 102 valence electrons. The highest BCUT2D eigenvalue weighted by atomic mass is 15.2. The summed E-state index contributed by atoms with van der Waals surface area (Å²) in [5.74, 6) is 2.52. The molecule has 1 aliphatic heterocycles. The van der Waals surface area contributed by atoms with Gasteiger partial charge in [0, 0.05) is 39.2 Å². The van der Waals surface area contributed by atoms with Crippen LogP contribution in [0.2, 0.25) is 0 Å². The summed E-state index contributed by atoms with van der Waals surface area (Å²) in [6.07, 6.45) is 4.48. The number of hydrogen-bond acceptors (Lipinski definition) is 5. The van der Waals surface area contributed by atoms with Crippen molar-refractivity contribution in [2.45, 2.75) is 26.2 Å². The molecule has 2 heterocycles. The molecule has 1 saturated heterocycles.